The zero-order valence-corrected chi connectivity index (χ0v) is 14.5. The van der Waals surface area contributed by atoms with E-state index >= 15 is 0 Å². The van der Waals surface area contributed by atoms with Gasteiger partial charge in [-0.15, -0.1) is 11.3 Å². The minimum absolute atomic E-state index is 0.0446. The summed E-state index contributed by atoms with van der Waals surface area (Å²) in [4.78, 5) is 15.0. The molecule has 1 N–H and O–H groups in total. The van der Waals surface area contributed by atoms with Crippen molar-refractivity contribution in [2.24, 2.45) is 0 Å². The lowest BCUT2D eigenvalue weighted by Gasteiger charge is -2.31. The third kappa shape index (κ3) is 3.33. The molecule has 2 heterocycles. The van der Waals surface area contributed by atoms with Crippen LogP contribution in [0, 0.1) is 6.92 Å². The van der Waals surface area contributed by atoms with E-state index in [1.807, 2.05) is 0 Å². The summed E-state index contributed by atoms with van der Waals surface area (Å²) >= 11 is 1.73. The molecule has 4 heteroatoms. The standard InChI is InChI=1S/C19H23NO2S/c1-3-14-6-8-15(9-7-14)18(17-11-13(2)12-23-17)20-10-4-5-16(20)19(21)22/h6-9,11-12,16,18H,3-5,10H2,1-2H3,(H,21,22). The third-order valence-electron chi connectivity index (χ3n) is 4.63. The maximum absolute atomic E-state index is 11.6. The summed E-state index contributed by atoms with van der Waals surface area (Å²) in [7, 11) is 0. The van der Waals surface area contributed by atoms with Crippen LogP contribution < -0.4 is 0 Å². The van der Waals surface area contributed by atoms with E-state index in [2.05, 4.69) is 54.5 Å². The summed E-state index contributed by atoms with van der Waals surface area (Å²) in [5.74, 6) is -0.703. The number of aryl methyl sites for hydroxylation is 2. The largest absolute Gasteiger partial charge is 0.480 e. The molecule has 0 aliphatic carbocycles. The van der Waals surface area contributed by atoms with Crippen molar-refractivity contribution >= 4 is 17.3 Å². The fourth-order valence-electron chi connectivity index (χ4n) is 3.41. The molecule has 0 saturated carbocycles. The van der Waals surface area contributed by atoms with E-state index in [1.165, 1.54) is 21.6 Å². The average molecular weight is 329 g/mol. The normalized spacial score (nSPS) is 19.8. The Morgan fingerprint density at radius 1 is 1.39 bits per heavy atom. The molecule has 1 aromatic heterocycles. The van der Waals surface area contributed by atoms with Gasteiger partial charge >= 0.3 is 5.97 Å². The van der Waals surface area contributed by atoms with Gasteiger partial charge in [0.2, 0.25) is 0 Å². The third-order valence-corrected chi connectivity index (χ3v) is 5.74. The number of hydrogen-bond acceptors (Lipinski definition) is 3. The van der Waals surface area contributed by atoms with Crippen molar-refractivity contribution in [1.82, 2.24) is 4.90 Å². The number of aliphatic carboxylic acids is 1. The fraction of sp³-hybridized carbons (Fsp3) is 0.421. The van der Waals surface area contributed by atoms with Crippen LogP contribution in [0.2, 0.25) is 0 Å². The molecular weight excluding hydrogens is 306 g/mol. The first-order chi connectivity index (χ1) is 11.1. The van der Waals surface area contributed by atoms with E-state index in [0.717, 1.165) is 25.8 Å². The highest BCUT2D eigenvalue weighted by Crippen LogP contribution is 2.37. The smallest absolute Gasteiger partial charge is 0.320 e. The minimum atomic E-state index is -0.703. The van der Waals surface area contributed by atoms with Gasteiger partial charge in [0, 0.05) is 11.4 Å². The predicted molar refractivity (Wildman–Crippen MR) is 94.1 cm³/mol. The SMILES string of the molecule is CCc1ccc(C(c2cc(C)cs2)N2CCCC2C(=O)O)cc1. The topological polar surface area (TPSA) is 40.5 Å². The molecule has 0 amide bonds. The summed E-state index contributed by atoms with van der Waals surface area (Å²) < 4.78 is 0. The van der Waals surface area contributed by atoms with Crippen LogP contribution >= 0.6 is 11.3 Å². The molecule has 122 valence electrons. The summed E-state index contributed by atoms with van der Waals surface area (Å²) in [5.41, 5.74) is 3.74. The van der Waals surface area contributed by atoms with E-state index in [9.17, 15) is 9.90 Å². The molecule has 0 radical (unpaired) electrons. The van der Waals surface area contributed by atoms with Crippen LogP contribution in [0.3, 0.4) is 0 Å². The van der Waals surface area contributed by atoms with Crippen molar-refractivity contribution in [3.63, 3.8) is 0 Å². The number of hydrogen-bond donors (Lipinski definition) is 1. The van der Waals surface area contributed by atoms with E-state index in [1.54, 1.807) is 11.3 Å². The second-order valence-electron chi connectivity index (χ2n) is 6.26. The lowest BCUT2D eigenvalue weighted by Crippen LogP contribution is -2.39. The summed E-state index contributed by atoms with van der Waals surface area (Å²) in [5, 5.41) is 11.7. The summed E-state index contributed by atoms with van der Waals surface area (Å²) in [6.07, 6.45) is 2.71. The van der Waals surface area contributed by atoms with E-state index in [4.69, 9.17) is 0 Å². The van der Waals surface area contributed by atoms with Crippen molar-refractivity contribution in [2.45, 2.75) is 45.2 Å². The molecule has 3 nitrogen and oxygen atoms in total. The van der Waals surface area contributed by atoms with Crippen molar-refractivity contribution in [2.75, 3.05) is 6.54 Å². The Bertz CT molecular complexity index is 677. The maximum Gasteiger partial charge on any atom is 0.320 e. The molecule has 1 aromatic carbocycles. The van der Waals surface area contributed by atoms with Gasteiger partial charge in [0.25, 0.3) is 0 Å². The molecule has 1 fully saturated rings. The van der Waals surface area contributed by atoms with Crippen LogP contribution in [-0.2, 0) is 11.2 Å². The first kappa shape index (κ1) is 16.2. The van der Waals surface area contributed by atoms with Gasteiger partial charge in [-0.05, 0) is 54.3 Å². The summed E-state index contributed by atoms with van der Waals surface area (Å²) in [6.45, 7) is 5.08. The quantitative estimate of drug-likeness (QED) is 0.891. The number of carboxylic acids is 1. The average Bonchev–Trinajstić information content (AvgIpc) is 3.18. The Hall–Kier alpha value is -1.65. The number of rotatable bonds is 5. The van der Waals surface area contributed by atoms with Gasteiger partial charge in [-0.1, -0.05) is 31.2 Å². The minimum Gasteiger partial charge on any atom is -0.480 e. The Balaban J connectivity index is 2.01. The Morgan fingerprint density at radius 2 is 2.13 bits per heavy atom. The van der Waals surface area contributed by atoms with Crippen LogP contribution in [0.4, 0.5) is 0 Å². The lowest BCUT2D eigenvalue weighted by molar-refractivity contribution is -0.142. The van der Waals surface area contributed by atoms with Crippen molar-refractivity contribution in [3.8, 4) is 0 Å². The Labute approximate surface area is 141 Å². The van der Waals surface area contributed by atoms with Crippen molar-refractivity contribution < 1.29 is 9.90 Å². The van der Waals surface area contributed by atoms with Crippen molar-refractivity contribution in [3.05, 3.63) is 57.3 Å². The number of benzene rings is 1. The molecule has 0 spiro atoms. The van der Waals surface area contributed by atoms with E-state index < -0.39 is 5.97 Å². The van der Waals surface area contributed by atoms with Crippen LogP contribution in [0.25, 0.3) is 0 Å². The Morgan fingerprint density at radius 3 is 2.70 bits per heavy atom. The lowest BCUT2D eigenvalue weighted by atomic mass is 10.00. The zero-order chi connectivity index (χ0) is 16.4. The molecule has 23 heavy (non-hydrogen) atoms. The second kappa shape index (κ2) is 6.85. The molecule has 3 rings (SSSR count). The van der Waals surface area contributed by atoms with Gasteiger partial charge in [0.15, 0.2) is 0 Å². The molecule has 1 saturated heterocycles. The number of likely N-dealkylation sites (tertiary alicyclic amines) is 1. The first-order valence-electron chi connectivity index (χ1n) is 8.22. The fourth-order valence-corrected chi connectivity index (χ4v) is 4.46. The van der Waals surface area contributed by atoms with E-state index in [0.29, 0.717) is 0 Å². The molecule has 1 aliphatic heterocycles. The van der Waals surface area contributed by atoms with Crippen LogP contribution in [0.1, 0.15) is 47.4 Å². The number of carboxylic acid groups (broad SMARTS) is 1. The predicted octanol–water partition coefficient (Wildman–Crippen LogP) is 4.26. The van der Waals surface area contributed by atoms with Gasteiger partial charge in [-0.25, -0.2) is 0 Å². The van der Waals surface area contributed by atoms with Gasteiger partial charge < -0.3 is 5.11 Å². The molecule has 0 bridgehead atoms. The van der Waals surface area contributed by atoms with Gasteiger partial charge in [0.05, 0.1) is 6.04 Å². The van der Waals surface area contributed by atoms with Crippen LogP contribution in [0.15, 0.2) is 35.7 Å². The van der Waals surface area contributed by atoms with Crippen molar-refractivity contribution in [1.29, 1.82) is 0 Å². The van der Waals surface area contributed by atoms with Crippen LogP contribution in [0.5, 0.6) is 0 Å². The van der Waals surface area contributed by atoms with E-state index in [-0.39, 0.29) is 12.1 Å². The second-order valence-corrected chi connectivity index (χ2v) is 7.20. The zero-order valence-electron chi connectivity index (χ0n) is 13.7. The number of thiophene rings is 1. The first-order valence-corrected chi connectivity index (χ1v) is 9.10. The molecule has 2 aromatic rings. The monoisotopic (exact) mass is 329 g/mol. The van der Waals surface area contributed by atoms with Crippen LogP contribution in [-0.4, -0.2) is 28.6 Å². The molecular formula is C19H23NO2S. The maximum atomic E-state index is 11.6. The summed E-state index contributed by atoms with van der Waals surface area (Å²) in [6, 6.07) is 10.5. The highest BCUT2D eigenvalue weighted by atomic mass is 32.1. The number of nitrogens with zero attached hydrogens (tertiary/aromatic N) is 1. The van der Waals surface area contributed by atoms with Gasteiger partial charge in [-0.3, -0.25) is 9.69 Å². The number of carbonyl (C=O) groups is 1. The molecule has 2 atom stereocenters. The highest BCUT2D eigenvalue weighted by Gasteiger charge is 2.37. The highest BCUT2D eigenvalue weighted by molar-refractivity contribution is 7.10. The molecule has 1 aliphatic rings. The van der Waals surface area contributed by atoms with Gasteiger partial charge in [0.1, 0.15) is 6.04 Å². The molecule has 2 unspecified atom stereocenters. The van der Waals surface area contributed by atoms with Gasteiger partial charge in [-0.2, -0.15) is 0 Å². The Kier molecular flexibility index (Phi) is 4.83.